The fraction of sp³-hybridized carbons (Fsp3) is 0.500. The first kappa shape index (κ1) is 16.4. The van der Waals surface area contributed by atoms with Crippen LogP contribution in [-0.2, 0) is 15.6 Å². The Labute approximate surface area is 125 Å². The molecular weight excluding hydrogens is 326 g/mol. The second kappa shape index (κ2) is 7.20. The zero-order valence-corrected chi connectivity index (χ0v) is 13.9. The summed E-state index contributed by atoms with van der Waals surface area (Å²) in [7, 11) is -1.03. The minimum Gasteiger partial charge on any atom is -0.352 e. The van der Waals surface area contributed by atoms with Crippen LogP contribution in [0.5, 0.6) is 0 Å². The summed E-state index contributed by atoms with van der Waals surface area (Å²) >= 11 is 3.34. The summed E-state index contributed by atoms with van der Waals surface area (Å²) in [6, 6.07) is 7.43. The van der Waals surface area contributed by atoms with Crippen LogP contribution in [0, 0.1) is 0 Å². The van der Waals surface area contributed by atoms with Crippen molar-refractivity contribution in [3.05, 3.63) is 28.7 Å². The molecule has 0 aliphatic heterocycles. The van der Waals surface area contributed by atoms with Gasteiger partial charge in [0.25, 0.3) is 0 Å². The van der Waals surface area contributed by atoms with E-state index in [1.54, 1.807) is 0 Å². The minimum absolute atomic E-state index is 0.0142. The maximum absolute atomic E-state index is 12.0. The second-order valence-corrected chi connectivity index (χ2v) is 7.89. The monoisotopic (exact) mass is 345 g/mol. The van der Waals surface area contributed by atoms with Crippen LogP contribution < -0.4 is 5.32 Å². The van der Waals surface area contributed by atoms with Gasteiger partial charge in [-0.3, -0.25) is 9.00 Å². The molecular formula is C14H20BrNO2S. The molecule has 106 valence electrons. The average Bonchev–Trinajstić information content (AvgIpc) is 2.27. The fourth-order valence-electron chi connectivity index (χ4n) is 1.55. The van der Waals surface area contributed by atoms with Crippen molar-refractivity contribution in [1.82, 2.24) is 5.32 Å². The van der Waals surface area contributed by atoms with Gasteiger partial charge in [0.05, 0.1) is 10.8 Å². The number of hydrogen-bond donors (Lipinski definition) is 1. The largest absolute Gasteiger partial charge is 0.352 e. The topological polar surface area (TPSA) is 46.2 Å². The predicted molar refractivity (Wildman–Crippen MR) is 82.5 cm³/mol. The molecule has 0 bridgehead atoms. The summed E-state index contributed by atoms with van der Waals surface area (Å²) in [6.07, 6.45) is 1.05. The molecule has 0 spiro atoms. The Bertz CT molecular complexity index is 452. The summed E-state index contributed by atoms with van der Waals surface area (Å²) in [5.74, 6) is 0.527. The Balaban J connectivity index is 2.35. The lowest BCUT2D eigenvalue weighted by atomic mass is 10.1. The van der Waals surface area contributed by atoms with Gasteiger partial charge in [-0.15, -0.1) is 0 Å². The van der Waals surface area contributed by atoms with Gasteiger partial charge in [0, 0.05) is 27.1 Å². The van der Waals surface area contributed by atoms with E-state index in [1.165, 1.54) is 0 Å². The van der Waals surface area contributed by atoms with E-state index in [9.17, 15) is 9.00 Å². The predicted octanol–water partition coefficient (Wildman–Crippen LogP) is 3.25. The first-order valence-corrected chi connectivity index (χ1v) is 8.34. The summed E-state index contributed by atoms with van der Waals surface area (Å²) in [5.41, 5.74) is -0.206. The minimum atomic E-state index is -1.03. The van der Waals surface area contributed by atoms with Crippen molar-refractivity contribution in [3.8, 4) is 0 Å². The van der Waals surface area contributed by atoms with Crippen LogP contribution in [0.15, 0.2) is 33.6 Å². The Hall–Kier alpha value is -0.680. The molecule has 0 radical (unpaired) electrons. The van der Waals surface area contributed by atoms with Crippen LogP contribution in [0.3, 0.4) is 0 Å². The molecule has 0 saturated heterocycles. The molecule has 1 rings (SSSR count). The van der Waals surface area contributed by atoms with Crippen LogP contribution >= 0.6 is 15.9 Å². The van der Waals surface area contributed by atoms with E-state index < -0.39 is 10.8 Å². The summed E-state index contributed by atoms with van der Waals surface area (Å²) in [5, 5.41) is 2.90. The van der Waals surface area contributed by atoms with E-state index in [0.717, 1.165) is 9.37 Å². The van der Waals surface area contributed by atoms with Gasteiger partial charge in [0.1, 0.15) is 0 Å². The highest BCUT2D eigenvalue weighted by Gasteiger charge is 2.13. The van der Waals surface area contributed by atoms with Crippen molar-refractivity contribution in [2.75, 3.05) is 5.75 Å². The van der Waals surface area contributed by atoms with Crippen LogP contribution in [0.1, 0.15) is 33.6 Å². The van der Waals surface area contributed by atoms with Crippen LogP contribution in [0.25, 0.3) is 0 Å². The molecule has 0 fully saturated rings. The summed E-state index contributed by atoms with van der Waals surface area (Å²) in [4.78, 5) is 12.4. The van der Waals surface area contributed by atoms with Gasteiger partial charge in [-0.25, -0.2) is 0 Å². The number of nitrogens with one attached hydrogen (secondary N) is 1. The third-order valence-corrected chi connectivity index (χ3v) is 4.31. The van der Waals surface area contributed by atoms with E-state index in [1.807, 2.05) is 45.0 Å². The SMILES string of the molecule is CC(C)(C)NC(=O)CCCS(=O)c1ccc(Br)cc1. The number of amides is 1. The first-order chi connectivity index (χ1) is 8.78. The lowest BCUT2D eigenvalue weighted by molar-refractivity contribution is -0.122. The van der Waals surface area contributed by atoms with Gasteiger partial charge >= 0.3 is 0 Å². The molecule has 1 aromatic rings. The van der Waals surface area contributed by atoms with Crippen molar-refractivity contribution in [3.63, 3.8) is 0 Å². The van der Waals surface area contributed by atoms with Crippen molar-refractivity contribution in [1.29, 1.82) is 0 Å². The van der Waals surface area contributed by atoms with E-state index in [-0.39, 0.29) is 11.4 Å². The van der Waals surface area contributed by atoms with Gasteiger partial charge in [0.2, 0.25) is 5.91 Å². The van der Waals surface area contributed by atoms with Gasteiger partial charge in [-0.2, -0.15) is 0 Å². The van der Waals surface area contributed by atoms with Crippen LogP contribution in [0.2, 0.25) is 0 Å². The van der Waals surface area contributed by atoms with Crippen molar-refractivity contribution in [2.24, 2.45) is 0 Å². The molecule has 1 unspecified atom stereocenters. The average molecular weight is 346 g/mol. The number of hydrogen-bond acceptors (Lipinski definition) is 2. The van der Waals surface area contributed by atoms with Crippen molar-refractivity contribution in [2.45, 2.75) is 44.0 Å². The molecule has 5 heteroatoms. The molecule has 0 aliphatic rings. The quantitative estimate of drug-likeness (QED) is 0.890. The lowest BCUT2D eigenvalue weighted by Crippen LogP contribution is -2.40. The number of carbonyl (C=O) groups is 1. The lowest BCUT2D eigenvalue weighted by Gasteiger charge is -2.20. The number of benzene rings is 1. The zero-order chi connectivity index (χ0) is 14.5. The number of halogens is 1. The Morgan fingerprint density at radius 1 is 1.26 bits per heavy atom. The number of rotatable bonds is 5. The van der Waals surface area contributed by atoms with Crippen LogP contribution in [-0.4, -0.2) is 21.4 Å². The van der Waals surface area contributed by atoms with E-state index in [0.29, 0.717) is 18.6 Å². The fourth-order valence-corrected chi connectivity index (χ4v) is 2.90. The van der Waals surface area contributed by atoms with Gasteiger partial charge in [-0.1, -0.05) is 15.9 Å². The standard InChI is InChI=1S/C14H20BrNO2S/c1-14(2,3)16-13(17)5-4-10-19(18)12-8-6-11(15)7-9-12/h6-9H,4-5,10H2,1-3H3,(H,16,17). The Morgan fingerprint density at radius 3 is 2.37 bits per heavy atom. The maximum atomic E-state index is 12.0. The van der Waals surface area contributed by atoms with E-state index in [4.69, 9.17) is 0 Å². The molecule has 0 saturated carbocycles. The normalized spacial score (nSPS) is 13.1. The molecule has 1 N–H and O–H groups in total. The molecule has 19 heavy (non-hydrogen) atoms. The Morgan fingerprint density at radius 2 is 1.84 bits per heavy atom. The molecule has 1 aromatic carbocycles. The van der Waals surface area contributed by atoms with E-state index in [2.05, 4.69) is 21.2 Å². The highest BCUT2D eigenvalue weighted by molar-refractivity contribution is 9.10. The van der Waals surface area contributed by atoms with Crippen LogP contribution in [0.4, 0.5) is 0 Å². The summed E-state index contributed by atoms with van der Waals surface area (Å²) < 4.78 is 13.0. The van der Waals surface area contributed by atoms with Gasteiger partial charge in [-0.05, 0) is 51.5 Å². The molecule has 0 aromatic heterocycles. The van der Waals surface area contributed by atoms with Gasteiger partial charge < -0.3 is 5.32 Å². The smallest absolute Gasteiger partial charge is 0.220 e. The second-order valence-electron chi connectivity index (χ2n) is 5.41. The third kappa shape index (κ3) is 6.87. The molecule has 1 atom stereocenters. The highest BCUT2D eigenvalue weighted by atomic mass is 79.9. The Kier molecular flexibility index (Phi) is 6.20. The van der Waals surface area contributed by atoms with Crippen molar-refractivity contribution < 1.29 is 9.00 Å². The number of carbonyl (C=O) groups excluding carboxylic acids is 1. The third-order valence-electron chi connectivity index (χ3n) is 2.32. The van der Waals surface area contributed by atoms with E-state index >= 15 is 0 Å². The van der Waals surface area contributed by atoms with Gasteiger partial charge in [0.15, 0.2) is 0 Å². The molecule has 1 amide bonds. The molecule has 0 aliphatic carbocycles. The zero-order valence-electron chi connectivity index (χ0n) is 11.5. The first-order valence-electron chi connectivity index (χ1n) is 6.23. The van der Waals surface area contributed by atoms with Crippen molar-refractivity contribution >= 4 is 32.6 Å². The molecule has 0 heterocycles. The maximum Gasteiger partial charge on any atom is 0.220 e. The molecule has 3 nitrogen and oxygen atoms in total. The summed E-state index contributed by atoms with van der Waals surface area (Å²) in [6.45, 7) is 5.85. The highest BCUT2D eigenvalue weighted by Crippen LogP contribution is 2.14.